The van der Waals surface area contributed by atoms with Crippen LogP contribution in [0.2, 0.25) is 0 Å². The summed E-state index contributed by atoms with van der Waals surface area (Å²) in [6.45, 7) is 6.71. The van der Waals surface area contributed by atoms with Crippen LogP contribution < -0.4 is 10.6 Å². The number of halogens is 1. The zero-order valence-electron chi connectivity index (χ0n) is 16.0. The molecule has 2 rings (SSSR count). The van der Waals surface area contributed by atoms with E-state index in [4.69, 9.17) is 0 Å². The highest BCUT2D eigenvalue weighted by molar-refractivity contribution is 14.0. The molecule has 1 aliphatic rings. The maximum atomic E-state index is 10.7. The molecule has 1 fully saturated rings. The van der Waals surface area contributed by atoms with Crippen LogP contribution in [0.4, 0.5) is 5.69 Å². The van der Waals surface area contributed by atoms with Gasteiger partial charge in [0.05, 0.1) is 11.5 Å². The van der Waals surface area contributed by atoms with E-state index < -0.39 is 0 Å². The van der Waals surface area contributed by atoms with Gasteiger partial charge in [-0.1, -0.05) is 19.1 Å². The van der Waals surface area contributed by atoms with E-state index in [9.17, 15) is 10.1 Å². The molecule has 0 bridgehead atoms. The Morgan fingerprint density at radius 1 is 1.37 bits per heavy atom. The number of nitrogens with one attached hydrogen (secondary N) is 2. The molecule has 0 saturated carbocycles. The summed E-state index contributed by atoms with van der Waals surface area (Å²) in [6.07, 6.45) is 4.57. The summed E-state index contributed by atoms with van der Waals surface area (Å²) in [4.78, 5) is 17.5. The van der Waals surface area contributed by atoms with Crippen LogP contribution >= 0.6 is 35.7 Å². The SMILES string of the molecule is CCN1CCCC1CNC(=NCc1ccc([N+](=O)[O-])cc1)NCCSC.I. The van der Waals surface area contributed by atoms with Gasteiger partial charge in [0.2, 0.25) is 0 Å². The van der Waals surface area contributed by atoms with Crippen LogP contribution in [0.5, 0.6) is 0 Å². The third-order valence-corrected chi connectivity index (χ3v) is 5.19. The Labute approximate surface area is 182 Å². The molecule has 1 unspecified atom stereocenters. The van der Waals surface area contributed by atoms with Gasteiger partial charge >= 0.3 is 0 Å². The summed E-state index contributed by atoms with van der Waals surface area (Å²) in [5, 5.41) is 17.6. The van der Waals surface area contributed by atoms with Gasteiger partial charge in [-0.2, -0.15) is 11.8 Å². The van der Waals surface area contributed by atoms with Gasteiger partial charge < -0.3 is 10.6 Å². The molecule has 0 radical (unpaired) electrons. The number of aliphatic imine (C=N–C) groups is 1. The van der Waals surface area contributed by atoms with Gasteiger partial charge in [0.25, 0.3) is 5.69 Å². The molecule has 1 aromatic carbocycles. The lowest BCUT2D eigenvalue weighted by molar-refractivity contribution is -0.384. The molecule has 1 atom stereocenters. The molecule has 0 aliphatic carbocycles. The van der Waals surface area contributed by atoms with Gasteiger partial charge in [0, 0.05) is 37.0 Å². The maximum absolute atomic E-state index is 10.7. The summed E-state index contributed by atoms with van der Waals surface area (Å²) in [5.74, 6) is 1.82. The minimum Gasteiger partial charge on any atom is -0.356 e. The van der Waals surface area contributed by atoms with Crippen LogP contribution in [0.3, 0.4) is 0 Å². The predicted molar refractivity (Wildman–Crippen MR) is 124 cm³/mol. The van der Waals surface area contributed by atoms with Crippen LogP contribution in [-0.4, -0.2) is 60.0 Å². The first-order valence-electron chi connectivity index (χ1n) is 9.12. The quantitative estimate of drug-likeness (QED) is 0.134. The Balaban J connectivity index is 0.00000364. The number of thioether (sulfide) groups is 1. The van der Waals surface area contributed by atoms with Gasteiger partial charge in [0.15, 0.2) is 5.96 Å². The van der Waals surface area contributed by atoms with E-state index in [-0.39, 0.29) is 34.6 Å². The minimum absolute atomic E-state index is 0. The predicted octanol–water partition coefficient (Wildman–Crippen LogP) is 3.10. The van der Waals surface area contributed by atoms with Gasteiger partial charge in [-0.3, -0.25) is 15.0 Å². The second-order valence-corrected chi connectivity index (χ2v) is 7.30. The molecule has 0 amide bonds. The summed E-state index contributed by atoms with van der Waals surface area (Å²) in [7, 11) is 0. The molecule has 7 nitrogen and oxygen atoms in total. The first-order chi connectivity index (χ1) is 12.6. The van der Waals surface area contributed by atoms with Crippen LogP contribution in [0.15, 0.2) is 29.3 Å². The third-order valence-electron chi connectivity index (χ3n) is 4.58. The highest BCUT2D eigenvalue weighted by atomic mass is 127. The smallest absolute Gasteiger partial charge is 0.269 e. The van der Waals surface area contributed by atoms with E-state index in [2.05, 4.69) is 33.7 Å². The fourth-order valence-electron chi connectivity index (χ4n) is 3.10. The van der Waals surface area contributed by atoms with Gasteiger partial charge in [-0.25, -0.2) is 4.99 Å². The number of hydrogen-bond acceptors (Lipinski definition) is 5. The van der Waals surface area contributed by atoms with Gasteiger partial charge in [-0.15, -0.1) is 24.0 Å². The minimum atomic E-state index is -0.384. The number of nitro benzene ring substituents is 1. The molecule has 0 aromatic heterocycles. The van der Waals surface area contributed by atoms with Crippen LogP contribution in [-0.2, 0) is 6.54 Å². The van der Waals surface area contributed by atoms with Crippen molar-refractivity contribution in [3.63, 3.8) is 0 Å². The van der Waals surface area contributed by atoms with Crippen molar-refractivity contribution in [1.82, 2.24) is 15.5 Å². The third kappa shape index (κ3) is 8.22. The molecule has 1 aliphatic heterocycles. The average Bonchev–Trinajstić information content (AvgIpc) is 3.11. The molecule has 1 aromatic rings. The van der Waals surface area contributed by atoms with Crippen molar-refractivity contribution in [2.45, 2.75) is 32.4 Å². The number of guanidine groups is 1. The van der Waals surface area contributed by atoms with E-state index in [0.717, 1.165) is 36.9 Å². The highest BCUT2D eigenvalue weighted by Crippen LogP contribution is 2.15. The zero-order valence-corrected chi connectivity index (χ0v) is 19.2. The fraction of sp³-hybridized carbons (Fsp3) is 0.611. The van der Waals surface area contributed by atoms with Crippen molar-refractivity contribution in [3.05, 3.63) is 39.9 Å². The lowest BCUT2D eigenvalue weighted by Crippen LogP contribution is -2.45. The van der Waals surface area contributed by atoms with Gasteiger partial charge in [0.1, 0.15) is 0 Å². The number of nitro groups is 1. The molecule has 2 N–H and O–H groups in total. The molecule has 152 valence electrons. The summed E-state index contributed by atoms with van der Waals surface area (Å²) in [5.41, 5.74) is 1.06. The number of non-ortho nitro benzene ring substituents is 1. The molecule has 0 spiro atoms. The van der Waals surface area contributed by atoms with Crippen molar-refractivity contribution >= 4 is 47.4 Å². The van der Waals surface area contributed by atoms with Gasteiger partial charge in [-0.05, 0) is 37.8 Å². The summed E-state index contributed by atoms with van der Waals surface area (Å²) in [6, 6.07) is 7.13. The maximum Gasteiger partial charge on any atom is 0.269 e. The lowest BCUT2D eigenvalue weighted by Gasteiger charge is -2.24. The number of benzene rings is 1. The topological polar surface area (TPSA) is 82.8 Å². The number of hydrogen-bond donors (Lipinski definition) is 2. The summed E-state index contributed by atoms with van der Waals surface area (Å²) < 4.78 is 0. The van der Waals surface area contributed by atoms with E-state index in [0.29, 0.717) is 12.6 Å². The molecule has 27 heavy (non-hydrogen) atoms. The van der Waals surface area contributed by atoms with E-state index in [1.54, 1.807) is 23.9 Å². The van der Waals surface area contributed by atoms with Crippen molar-refractivity contribution in [1.29, 1.82) is 0 Å². The van der Waals surface area contributed by atoms with Crippen molar-refractivity contribution in [2.75, 3.05) is 38.2 Å². The monoisotopic (exact) mass is 507 g/mol. The summed E-state index contributed by atoms with van der Waals surface area (Å²) >= 11 is 1.79. The first-order valence-corrected chi connectivity index (χ1v) is 10.5. The van der Waals surface area contributed by atoms with Crippen LogP contribution in [0.1, 0.15) is 25.3 Å². The fourth-order valence-corrected chi connectivity index (χ4v) is 3.40. The van der Waals surface area contributed by atoms with E-state index >= 15 is 0 Å². The van der Waals surface area contributed by atoms with Crippen molar-refractivity contribution < 1.29 is 4.92 Å². The normalized spacial score (nSPS) is 17.4. The van der Waals surface area contributed by atoms with E-state index in [1.807, 2.05) is 0 Å². The lowest BCUT2D eigenvalue weighted by atomic mass is 10.2. The zero-order chi connectivity index (χ0) is 18.8. The van der Waals surface area contributed by atoms with Crippen LogP contribution in [0, 0.1) is 10.1 Å². The highest BCUT2D eigenvalue weighted by Gasteiger charge is 2.22. The first kappa shape index (κ1) is 24.0. The Kier molecular flexibility index (Phi) is 11.7. The Hall–Kier alpha value is -1.07. The Morgan fingerprint density at radius 3 is 2.74 bits per heavy atom. The van der Waals surface area contributed by atoms with E-state index in [1.165, 1.54) is 31.5 Å². The molecule has 1 saturated heterocycles. The Bertz CT molecular complexity index is 600. The molecule has 1 heterocycles. The van der Waals surface area contributed by atoms with Crippen LogP contribution in [0.25, 0.3) is 0 Å². The van der Waals surface area contributed by atoms with Crippen molar-refractivity contribution in [2.24, 2.45) is 4.99 Å². The standard InChI is InChI=1S/C18H29N5O2S.HI/c1-3-22-11-4-5-17(22)14-21-18(19-10-12-26-2)20-13-15-6-8-16(9-7-15)23(24)25;/h6-9,17H,3-5,10-14H2,1-2H3,(H2,19,20,21);1H. The second-order valence-electron chi connectivity index (χ2n) is 6.31. The molecule has 9 heteroatoms. The molecular formula is C18H30IN5O2S. The molecular weight excluding hydrogens is 477 g/mol. The second kappa shape index (κ2) is 13.2. The average molecular weight is 507 g/mol. The largest absolute Gasteiger partial charge is 0.356 e. The number of rotatable bonds is 9. The number of nitrogens with zero attached hydrogens (tertiary/aromatic N) is 3. The van der Waals surface area contributed by atoms with Crippen molar-refractivity contribution in [3.8, 4) is 0 Å². The number of likely N-dealkylation sites (N-methyl/N-ethyl adjacent to an activating group) is 1. The Morgan fingerprint density at radius 2 is 2.11 bits per heavy atom. The number of likely N-dealkylation sites (tertiary alicyclic amines) is 1.